The number of amides is 2. The van der Waals surface area contributed by atoms with Crippen LogP contribution in [0.15, 0.2) is 0 Å². The van der Waals surface area contributed by atoms with Gasteiger partial charge in [-0.3, -0.25) is 4.68 Å². The molecule has 6 heteroatoms. The first-order valence-electron chi connectivity index (χ1n) is 8.05. The summed E-state index contributed by atoms with van der Waals surface area (Å²) in [6, 6.07) is 0.347. The molecule has 0 saturated carbocycles. The molecule has 2 rings (SSSR count). The van der Waals surface area contributed by atoms with Crippen molar-refractivity contribution in [3.8, 4) is 0 Å². The van der Waals surface area contributed by atoms with Gasteiger partial charge < -0.3 is 10.2 Å². The van der Waals surface area contributed by atoms with E-state index in [9.17, 15) is 4.79 Å². The zero-order valence-corrected chi connectivity index (χ0v) is 15.3. The quantitative estimate of drug-likeness (QED) is 0.930. The predicted molar refractivity (Wildman–Crippen MR) is 92.3 cm³/mol. The number of hydrogen-bond acceptors (Lipinski definition) is 3. The molecule has 3 atom stereocenters. The molecule has 1 aromatic heterocycles. The molecule has 124 valence electrons. The van der Waals surface area contributed by atoms with E-state index in [0.717, 1.165) is 35.7 Å². The van der Waals surface area contributed by atoms with Crippen LogP contribution in [0.25, 0.3) is 0 Å². The van der Waals surface area contributed by atoms with Crippen LogP contribution in [0.1, 0.15) is 50.2 Å². The summed E-state index contributed by atoms with van der Waals surface area (Å²) in [5.74, 6) is 1.01. The second kappa shape index (κ2) is 6.94. The molecule has 0 unspecified atom stereocenters. The predicted octanol–water partition coefficient (Wildman–Crippen LogP) is 3.02. The van der Waals surface area contributed by atoms with Gasteiger partial charge in [0.1, 0.15) is 0 Å². The lowest BCUT2D eigenvalue weighted by Crippen LogP contribution is -2.52. The van der Waals surface area contributed by atoms with Gasteiger partial charge in [-0.1, -0.05) is 13.8 Å². The Bertz CT molecular complexity index is 542. The van der Waals surface area contributed by atoms with E-state index in [0.29, 0.717) is 5.25 Å². The van der Waals surface area contributed by atoms with Crippen molar-refractivity contribution in [2.75, 3.05) is 12.3 Å². The fourth-order valence-electron chi connectivity index (χ4n) is 3.12. The normalized spacial score (nSPS) is 23.5. The second-order valence-electron chi connectivity index (χ2n) is 6.13. The number of carbonyl (C=O) groups excluding carboxylic acids is 1. The summed E-state index contributed by atoms with van der Waals surface area (Å²) in [5.41, 5.74) is 3.29. The highest BCUT2D eigenvalue weighted by molar-refractivity contribution is 8.00. The first-order valence-corrected chi connectivity index (χ1v) is 9.10. The largest absolute Gasteiger partial charge is 0.331 e. The van der Waals surface area contributed by atoms with Crippen LogP contribution >= 0.6 is 11.8 Å². The summed E-state index contributed by atoms with van der Waals surface area (Å²) < 4.78 is 1.89. The zero-order valence-electron chi connectivity index (χ0n) is 14.5. The summed E-state index contributed by atoms with van der Waals surface area (Å²) in [6.45, 7) is 11.3. The molecule has 1 aromatic rings. The van der Waals surface area contributed by atoms with Crippen molar-refractivity contribution >= 4 is 17.8 Å². The molecule has 5 nitrogen and oxygen atoms in total. The van der Waals surface area contributed by atoms with Gasteiger partial charge in [0.05, 0.1) is 11.7 Å². The van der Waals surface area contributed by atoms with E-state index in [1.165, 1.54) is 0 Å². The smallest absolute Gasteiger partial charge is 0.318 e. The van der Waals surface area contributed by atoms with E-state index in [2.05, 4.69) is 38.1 Å². The number of rotatable bonds is 3. The van der Waals surface area contributed by atoms with Gasteiger partial charge in [-0.25, -0.2) is 4.79 Å². The van der Waals surface area contributed by atoms with E-state index in [1.54, 1.807) is 0 Å². The van der Waals surface area contributed by atoms with Crippen LogP contribution in [-0.4, -0.2) is 44.3 Å². The first kappa shape index (κ1) is 17.2. The van der Waals surface area contributed by atoms with Gasteiger partial charge in [0, 0.05) is 41.9 Å². The molecule has 0 aliphatic carbocycles. The van der Waals surface area contributed by atoms with Gasteiger partial charge >= 0.3 is 6.03 Å². The molecule has 1 aliphatic rings. The summed E-state index contributed by atoms with van der Waals surface area (Å²) in [6.07, 6.45) is 0.867. The molecule has 1 aliphatic heterocycles. The lowest BCUT2D eigenvalue weighted by atomic mass is 10.0. The average molecular weight is 324 g/mol. The molecule has 2 amide bonds. The Morgan fingerprint density at radius 1 is 1.45 bits per heavy atom. The van der Waals surface area contributed by atoms with E-state index in [-0.39, 0.29) is 18.1 Å². The molecule has 0 radical (unpaired) electrons. The molecule has 1 N–H and O–H groups in total. The molecule has 22 heavy (non-hydrogen) atoms. The van der Waals surface area contributed by atoms with Gasteiger partial charge in [0.2, 0.25) is 0 Å². The molecule has 1 saturated heterocycles. The van der Waals surface area contributed by atoms with Crippen LogP contribution in [0.5, 0.6) is 0 Å². The maximum Gasteiger partial charge on any atom is 0.318 e. The summed E-state index contributed by atoms with van der Waals surface area (Å²) in [5, 5.41) is 8.19. The SMILES string of the molecule is CC[C@H](NC(=O)N1CCS[C@H](C)[C@@H]1C)c1c(C)nn(C)c1C. The van der Waals surface area contributed by atoms with Crippen LogP contribution < -0.4 is 5.32 Å². The number of hydrogen-bond donors (Lipinski definition) is 1. The van der Waals surface area contributed by atoms with Gasteiger partial charge in [-0.2, -0.15) is 16.9 Å². The van der Waals surface area contributed by atoms with E-state index in [4.69, 9.17) is 0 Å². The van der Waals surface area contributed by atoms with Crippen molar-refractivity contribution in [1.82, 2.24) is 20.0 Å². The van der Waals surface area contributed by atoms with E-state index < -0.39 is 0 Å². The van der Waals surface area contributed by atoms with Crippen molar-refractivity contribution < 1.29 is 4.79 Å². The Labute approximate surface area is 137 Å². The van der Waals surface area contributed by atoms with Crippen molar-refractivity contribution in [2.45, 2.75) is 58.4 Å². The molecule has 2 heterocycles. The lowest BCUT2D eigenvalue weighted by Gasteiger charge is -2.38. The minimum Gasteiger partial charge on any atom is -0.331 e. The third kappa shape index (κ3) is 3.26. The van der Waals surface area contributed by atoms with Crippen molar-refractivity contribution in [3.05, 3.63) is 17.0 Å². The molecule has 0 aromatic carbocycles. The second-order valence-corrected chi connectivity index (χ2v) is 7.61. The van der Waals surface area contributed by atoms with Gasteiger partial charge in [0.25, 0.3) is 0 Å². The Morgan fingerprint density at radius 3 is 2.68 bits per heavy atom. The van der Waals surface area contributed by atoms with Crippen LogP contribution in [0.4, 0.5) is 4.79 Å². The van der Waals surface area contributed by atoms with Crippen LogP contribution in [0, 0.1) is 13.8 Å². The number of nitrogens with one attached hydrogen (secondary N) is 1. The Hall–Kier alpha value is -1.17. The third-order valence-electron chi connectivity index (χ3n) is 4.76. The van der Waals surface area contributed by atoms with E-state index in [1.807, 2.05) is 35.3 Å². The highest BCUT2D eigenvalue weighted by Gasteiger charge is 2.30. The summed E-state index contributed by atoms with van der Waals surface area (Å²) in [7, 11) is 1.95. The number of urea groups is 1. The Kier molecular flexibility index (Phi) is 5.42. The summed E-state index contributed by atoms with van der Waals surface area (Å²) >= 11 is 1.94. The van der Waals surface area contributed by atoms with Crippen LogP contribution in [0.3, 0.4) is 0 Å². The highest BCUT2D eigenvalue weighted by Crippen LogP contribution is 2.27. The standard InChI is InChI=1S/C16H28N4OS/c1-7-14(15-10(2)18-19(6)12(15)4)17-16(21)20-8-9-22-13(5)11(20)3/h11,13-14H,7-9H2,1-6H3,(H,17,21)/t11-,13+,14-/m0/s1. The van der Waals surface area contributed by atoms with Gasteiger partial charge in [-0.05, 0) is 27.2 Å². The molecule has 0 spiro atoms. The number of aryl methyl sites for hydroxylation is 2. The number of thioether (sulfide) groups is 1. The maximum absolute atomic E-state index is 12.7. The molecule has 1 fully saturated rings. The van der Waals surface area contributed by atoms with Gasteiger partial charge in [0.15, 0.2) is 0 Å². The highest BCUT2D eigenvalue weighted by atomic mass is 32.2. The number of carbonyl (C=O) groups is 1. The minimum absolute atomic E-state index is 0.0262. The first-order chi connectivity index (χ1) is 10.4. The monoisotopic (exact) mass is 324 g/mol. The third-order valence-corrected chi connectivity index (χ3v) is 6.10. The molecule has 0 bridgehead atoms. The molecular weight excluding hydrogens is 296 g/mol. The lowest BCUT2D eigenvalue weighted by molar-refractivity contribution is 0.176. The van der Waals surface area contributed by atoms with E-state index >= 15 is 0 Å². The Balaban J connectivity index is 2.14. The minimum atomic E-state index is 0.0262. The Morgan fingerprint density at radius 2 is 2.14 bits per heavy atom. The van der Waals surface area contributed by atoms with Crippen LogP contribution in [0.2, 0.25) is 0 Å². The fourth-order valence-corrected chi connectivity index (χ4v) is 4.22. The maximum atomic E-state index is 12.7. The van der Waals surface area contributed by atoms with Crippen molar-refractivity contribution in [3.63, 3.8) is 0 Å². The number of aromatic nitrogens is 2. The summed E-state index contributed by atoms with van der Waals surface area (Å²) in [4.78, 5) is 14.7. The number of nitrogens with zero attached hydrogens (tertiary/aromatic N) is 3. The van der Waals surface area contributed by atoms with Crippen molar-refractivity contribution in [2.24, 2.45) is 7.05 Å². The zero-order chi connectivity index (χ0) is 16.4. The molecular formula is C16H28N4OS. The fraction of sp³-hybridized carbons (Fsp3) is 0.750. The van der Waals surface area contributed by atoms with Crippen LogP contribution in [-0.2, 0) is 7.05 Å². The van der Waals surface area contributed by atoms with Crippen molar-refractivity contribution in [1.29, 1.82) is 0 Å². The average Bonchev–Trinajstić information content (AvgIpc) is 2.72. The topological polar surface area (TPSA) is 50.2 Å². The van der Waals surface area contributed by atoms with Gasteiger partial charge in [-0.15, -0.1) is 0 Å².